The smallest absolute Gasteiger partial charge is 0.418 e. The summed E-state index contributed by atoms with van der Waals surface area (Å²) in [7, 11) is 0. The number of allylic oxidation sites excluding steroid dienone is 1. The Kier molecular flexibility index (Phi) is 5.83. The first kappa shape index (κ1) is 17.6. The molecule has 25 heavy (non-hydrogen) atoms. The first-order valence-corrected chi connectivity index (χ1v) is 9.65. The van der Waals surface area contributed by atoms with Crippen LogP contribution in [0.3, 0.4) is 0 Å². The summed E-state index contributed by atoms with van der Waals surface area (Å²) in [6.45, 7) is 4.19. The fraction of sp³-hybridized carbons (Fsp3) is 0.294. The van der Waals surface area contributed by atoms with Crippen LogP contribution in [0.4, 0.5) is 9.93 Å². The molecule has 0 aliphatic carbocycles. The largest absolute Gasteiger partial charge is 0.472 e. The van der Waals surface area contributed by atoms with Crippen LogP contribution in [0.15, 0.2) is 52.7 Å². The number of thiazole rings is 1. The maximum atomic E-state index is 11.8. The van der Waals surface area contributed by atoms with E-state index in [0.717, 1.165) is 15.7 Å². The number of carbonyl (C=O) groups excluding carboxylic acids is 1. The summed E-state index contributed by atoms with van der Waals surface area (Å²) in [6, 6.07) is 8.91. The Hall–Kier alpha value is -2.19. The van der Waals surface area contributed by atoms with Crippen LogP contribution in [0, 0.1) is 5.92 Å². The lowest BCUT2D eigenvalue weighted by atomic mass is 10.2. The molecule has 0 spiro atoms. The molecule has 1 atom stereocenters. The summed E-state index contributed by atoms with van der Waals surface area (Å²) in [5.74, 6) is 2.59. The van der Waals surface area contributed by atoms with E-state index in [0.29, 0.717) is 16.8 Å². The molecule has 3 rings (SSSR count). The number of benzene rings is 1. The predicted molar refractivity (Wildman–Crippen MR) is 99.9 cm³/mol. The summed E-state index contributed by atoms with van der Waals surface area (Å²) < 4.78 is 12.0. The van der Waals surface area contributed by atoms with Gasteiger partial charge in [-0.1, -0.05) is 43.4 Å². The number of anilines is 1. The molecule has 0 bridgehead atoms. The third-order valence-electron chi connectivity index (χ3n) is 3.28. The van der Waals surface area contributed by atoms with E-state index in [1.807, 2.05) is 12.3 Å². The van der Waals surface area contributed by atoms with E-state index < -0.39 is 6.09 Å². The molecule has 2 aromatic rings. The minimum Gasteiger partial charge on any atom is -0.472 e. The SMILES string of the molecule is CC(C)C1=CNC(CSc2cnc(NC(=O)Oc3ccccc3)s2)O1. The molecule has 1 amide bonds. The van der Waals surface area contributed by atoms with Crippen molar-refractivity contribution in [1.82, 2.24) is 10.3 Å². The Morgan fingerprint density at radius 3 is 2.96 bits per heavy atom. The van der Waals surface area contributed by atoms with Gasteiger partial charge < -0.3 is 14.8 Å². The highest BCUT2D eigenvalue weighted by Gasteiger charge is 2.20. The number of para-hydroxylation sites is 1. The summed E-state index contributed by atoms with van der Waals surface area (Å²) in [4.78, 5) is 16.0. The second-order valence-electron chi connectivity index (χ2n) is 5.60. The van der Waals surface area contributed by atoms with E-state index in [1.165, 1.54) is 11.3 Å². The van der Waals surface area contributed by atoms with Gasteiger partial charge in [0.25, 0.3) is 0 Å². The van der Waals surface area contributed by atoms with Crippen molar-refractivity contribution in [2.24, 2.45) is 5.92 Å². The zero-order chi connectivity index (χ0) is 17.6. The van der Waals surface area contributed by atoms with Crippen LogP contribution in [0.5, 0.6) is 5.75 Å². The van der Waals surface area contributed by atoms with Gasteiger partial charge in [-0.3, -0.25) is 5.32 Å². The molecule has 2 N–H and O–H groups in total. The molecule has 1 aliphatic heterocycles. The van der Waals surface area contributed by atoms with Gasteiger partial charge in [-0.2, -0.15) is 0 Å². The van der Waals surface area contributed by atoms with Crippen molar-refractivity contribution >= 4 is 34.3 Å². The van der Waals surface area contributed by atoms with E-state index in [1.54, 1.807) is 42.2 Å². The van der Waals surface area contributed by atoms with Crippen LogP contribution in [0.2, 0.25) is 0 Å². The molecule has 1 unspecified atom stereocenters. The van der Waals surface area contributed by atoms with Gasteiger partial charge in [-0.05, 0) is 12.1 Å². The average molecular weight is 377 g/mol. The van der Waals surface area contributed by atoms with E-state index in [4.69, 9.17) is 9.47 Å². The zero-order valence-electron chi connectivity index (χ0n) is 13.9. The average Bonchev–Trinajstić information content (AvgIpc) is 3.23. The molecule has 0 saturated carbocycles. The van der Waals surface area contributed by atoms with E-state index in [9.17, 15) is 4.79 Å². The summed E-state index contributed by atoms with van der Waals surface area (Å²) >= 11 is 3.03. The zero-order valence-corrected chi connectivity index (χ0v) is 15.5. The van der Waals surface area contributed by atoms with Gasteiger partial charge in [-0.25, -0.2) is 9.78 Å². The van der Waals surface area contributed by atoms with Gasteiger partial charge in [0.05, 0.1) is 16.2 Å². The van der Waals surface area contributed by atoms with Gasteiger partial charge in [0.1, 0.15) is 11.5 Å². The van der Waals surface area contributed by atoms with Gasteiger partial charge in [-0.15, -0.1) is 11.8 Å². The number of hydrogen-bond donors (Lipinski definition) is 2. The topological polar surface area (TPSA) is 72.5 Å². The van der Waals surface area contributed by atoms with Crippen molar-refractivity contribution in [2.75, 3.05) is 11.1 Å². The number of thioether (sulfide) groups is 1. The molecule has 0 saturated heterocycles. The lowest BCUT2D eigenvalue weighted by Crippen LogP contribution is -2.23. The number of aromatic nitrogens is 1. The quantitative estimate of drug-likeness (QED) is 0.732. The molecule has 1 aromatic heterocycles. The maximum absolute atomic E-state index is 11.8. The second-order valence-corrected chi connectivity index (χ2v) is 7.95. The van der Waals surface area contributed by atoms with Crippen LogP contribution in [-0.2, 0) is 4.74 Å². The standard InChI is InChI=1S/C17H19N3O3S2/c1-11(2)13-8-18-14(23-13)10-24-15-9-19-16(25-15)20-17(21)22-12-6-4-3-5-7-12/h3-9,11,14,18H,10H2,1-2H3,(H,19,20,21). The molecular formula is C17H19N3O3S2. The van der Waals surface area contributed by atoms with Crippen LogP contribution in [-0.4, -0.2) is 23.1 Å². The number of ether oxygens (including phenoxy) is 2. The van der Waals surface area contributed by atoms with E-state index in [2.05, 4.69) is 29.5 Å². The highest BCUT2D eigenvalue weighted by molar-refractivity contribution is 8.01. The Bertz CT molecular complexity index is 747. The minimum absolute atomic E-state index is 0.0380. The molecule has 1 aromatic carbocycles. The fourth-order valence-corrected chi connectivity index (χ4v) is 3.86. The fourth-order valence-electron chi connectivity index (χ4n) is 2.04. The number of amides is 1. The first-order valence-electron chi connectivity index (χ1n) is 7.85. The molecule has 0 fully saturated rings. The Morgan fingerprint density at radius 2 is 2.24 bits per heavy atom. The molecule has 1 aliphatic rings. The van der Waals surface area contributed by atoms with Crippen molar-refractivity contribution in [3.05, 3.63) is 48.5 Å². The number of rotatable bonds is 6. The third kappa shape index (κ3) is 5.14. The number of nitrogens with zero attached hydrogens (tertiary/aromatic N) is 1. The normalized spacial score (nSPS) is 16.1. The van der Waals surface area contributed by atoms with E-state index in [-0.39, 0.29) is 6.23 Å². The summed E-state index contributed by atoms with van der Waals surface area (Å²) in [5, 5.41) is 6.35. The lowest BCUT2D eigenvalue weighted by Gasteiger charge is -2.13. The highest BCUT2D eigenvalue weighted by Crippen LogP contribution is 2.30. The van der Waals surface area contributed by atoms with Crippen molar-refractivity contribution in [2.45, 2.75) is 24.3 Å². The molecule has 8 heteroatoms. The second kappa shape index (κ2) is 8.26. The van der Waals surface area contributed by atoms with E-state index >= 15 is 0 Å². The minimum atomic E-state index is -0.552. The van der Waals surface area contributed by atoms with Crippen molar-refractivity contribution in [3.8, 4) is 5.75 Å². The highest BCUT2D eigenvalue weighted by atomic mass is 32.2. The molecular weight excluding hydrogens is 358 g/mol. The van der Waals surface area contributed by atoms with Crippen LogP contribution in [0.1, 0.15) is 13.8 Å². The van der Waals surface area contributed by atoms with Crippen molar-refractivity contribution in [1.29, 1.82) is 0 Å². The first-order chi connectivity index (χ1) is 12.1. The Balaban J connectivity index is 1.44. The third-order valence-corrected chi connectivity index (χ3v) is 5.45. The van der Waals surface area contributed by atoms with Gasteiger partial charge >= 0.3 is 6.09 Å². The number of carbonyl (C=O) groups is 1. The Morgan fingerprint density at radius 1 is 1.44 bits per heavy atom. The Labute approximate surface area is 154 Å². The maximum Gasteiger partial charge on any atom is 0.418 e. The molecule has 2 heterocycles. The van der Waals surface area contributed by atoms with Crippen molar-refractivity contribution < 1.29 is 14.3 Å². The predicted octanol–water partition coefficient (Wildman–Crippen LogP) is 4.29. The molecule has 0 radical (unpaired) electrons. The number of nitrogens with one attached hydrogen (secondary N) is 2. The van der Waals surface area contributed by atoms with Gasteiger partial charge in [0, 0.05) is 12.1 Å². The lowest BCUT2D eigenvalue weighted by molar-refractivity contribution is 0.130. The van der Waals surface area contributed by atoms with Crippen LogP contribution in [0.25, 0.3) is 0 Å². The van der Waals surface area contributed by atoms with Gasteiger partial charge in [0.2, 0.25) is 0 Å². The molecule has 6 nitrogen and oxygen atoms in total. The monoisotopic (exact) mass is 377 g/mol. The summed E-state index contributed by atoms with van der Waals surface area (Å²) in [5.41, 5.74) is 0. The van der Waals surface area contributed by atoms with Crippen LogP contribution < -0.4 is 15.4 Å². The number of hydrogen-bond acceptors (Lipinski definition) is 7. The molecule has 132 valence electrons. The van der Waals surface area contributed by atoms with Gasteiger partial charge in [0.15, 0.2) is 11.4 Å². The van der Waals surface area contributed by atoms with Crippen molar-refractivity contribution in [3.63, 3.8) is 0 Å². The summed E-state index contributed by atoms with van der Waals surface area (Å²) in [6.07, 6.45) is 3.07. The van der Waals surface area contributed by atoms with Crippen LogP contribution >= 0.6 is 23.1 Å².